The Bertz CT molecular complexity index is 856. The van der Waals surface area contributed by atoms with E-state index in [1.54, 1.807) is 12.1 Å². The van der Waals surface area contributed by atoms with E-state index in [2.05, 4.69) is 5.32 Å². The molecule has 0 spiro atoms. The van der Waals surface area contributed by atoms with Crippen molar-refractivity contribution in [3.8, 4) is 0 Å². The summed E-state index contributed by atoms with van der Waals surface area (Å²) in [6.45, 7) is 0.227. The minimum absolute atomic E-state index is 0.0764. The van der Waals surface area contributed by atoms with Crippen molar-refractivity contribution in [2.24, 2.45) is 0 Å². The van der Waals surface area contributed by atoms with Crippen LogP contribution in [0.25, 0.3) is 0 Å². The molecular weight excluding hydrogens is 388 g/mol. The standard InChI is InChI=1S/C20H19F2NO4S/c21-16-8-7-13(10-17(16)22)23-19(24)11-27-20(25)15-5-1-2-6-18(15)28-12-14-4-3-9-26-14/h1-2,5-8,10,14H,3-4,9,11-12H2,(H,23,24)/t14-/m1/s1. The number of nitrogens with one attached hydrogen (secondary N) is 1. The summed E-state index contributed by atoms with van der Waals surface area (Å²) in [7, 11) is 0. The maximum atomic E-state index is 13.2. The number of halogens is 2. The predicted octanol–water partition coefficient (Wildman–Crippen LogP) is 4.03. The lowest BCUT2D eigenvalue weighted by atomic mass is 10.2. The SMILES string of the molecule is O=C(COC(=O)c1ccccc1SC[C@H]1CCCO1)Nc1ccc(F)c(F)c1. The molecule has 1 amide bonds. The number of benzene rings is 2. The lowest BCUT2D eigenvalue weighted by Crippen LogP contribution is -2.21. The first-order valence-electron chi connectivity index (χ1n) is 8.78. The molecule has 8 heteroatoms. The number of carbonyl (C=O) groups excluding carboxylic acids is 2. The van der Waals surface area contributed by atoms with Crippen LogP contribution >= 0.6 is 11.8 Å². The van der Waals surface area contributed by atoms with Gasteiger partial charge in [0.15, 0.2) is 18.2 Å². The van der Waals surface area contributed by atoms with Crippen LogP contribution in [0.1, 0.15) is 23.2 Å². The van der Waals surface area contributed by atoms with Gasteiger partial charge in [-0.3, -0.25) is 4.79 Å². The monoisotopic (exact) mass is 407 g/mol. The van der Waals surface area contributed by atoms with Crippen LogP contribution in [0.4, 0.5) is 14.5 Å². The second-order valence-corrected chi connectivity index (χ2v) is 7.26. The van der Waals surface area contributed by atoms with Gasteiger partial charge < -0.3 is 14.8 Å². The minimum atomic E-state index is -1.08. The van der Waals surface area contributed by atoms with Crippen molar-refractivity contribution >= 4 is 29.3 Å². The molecule has 0 bridgehead atoms. The molecule has 28 heavy (non-hydrogen) atoms. The third kappa shape index (κ3) is 5.53. The van der Waals surface area contributed by atoms with Gasteiger partial charge in [0.25, 0.3) is 5.91 Å². The van der Waals surface area contributed by atoms with Gasteiger partial charge >= 0.3 is 5.97 Å². The summed E-state index contributed by atoms with van der Waals surface area (Å²) in [5, 5.41) is 2.35. The lowest BCUT2D eigenvalue weighted by Gasteiger charge is -2.12. The Labute approximate surface area is 165 Å². The van der Waals surface area contributed by atoms with Gasteiger partial charge in [-0.15, -0.1) is 11.8 Å². The van der Waals surface area contributed by atoms with Gasteiger partial charge in [-0.05, 0) is 37.1 Å². The maximum Gasteiger partial charge on any atom is 0.339 e. The van der Waals surface area contributed by atoms with Gasteiger partial charge in [0.1, 0.15) is 0 Å². The minimum Gasteiger partial charge on any atom is -0.452 e. The third-order valence-electron chi connectivity index (χ3n) is 4.09. The van der Waals surface area contributed by atoms with Crippen molar-refractivity contribution < 1.29 is 27.8 Å². The lowest BCUT2D eigenvalue weighted by molar-refractivity contribution is -0.119. The van der Waals surface area contributed by atoms with Crippen LogP contribution in [0.2, 0.25) is 0 Å². The summed E-state index contributed by atoms with van der Waals surface area (Å²) in [6, 6.07) is 9.96. The van der Waals surface area contributed by atoms with Crippen LogP contribution in [0.15, 0.2) is 47.4 Å². The first kappa shape index (κ1) is 20.3. The Morgan fingerprint density at radius 3 is 2.75 bits per heavy atom. The topological polar surface area (TPSA) is 64.6 Å². The molecule has 2 aromatic carbocycles. The Hall–Kier alpha value is -2.45. The van der Waals surface area contributed by atoms with E-state index in [1.165, 1.54) is 17.8 Å². The summed E-state index contributed by atoms with van der Waals surface area (Å²) < 4.78 is 36.7. The highest BCUT2D eigenvalue weighted by molar-refractivity contribution is 7.99. The molecule has 1 saturated heterocycles. The van der Waals surface area contributed by atoms with E-state index >= 15 is 0 Å². The molecule has 1 N–H and O–H groups in total. The van der Waals surface area contributed by atoms with E-state index in [0.717, 1.165) is 42.2 Å². The number of amides is 1. The average molecular weight is 407 g/mol. The van der Waals surface area contributed by atoms with Crippen molar-refractivity contribution in [2.45, 2.75) is 23.8 Å². The fourth-order valence-corrected chi connectivity index (χ4v) is 3.81. The molecule has 1 heterocycles. The Balaban J connectivity index is 1.53. The normalized spacial score (nSPS) is 16.0. The average Bonchev–Trinajstić information content (AvgIpc) is 3.21. The molecule has 1 fully saturated rings. The van der Waals surface area contributed by atoms with E-state index in [1.807, 2.05) is 12.1 Å². The largest absolute Gasteiger partial charge is 0.452 e. The second-order valence-electron chi connectivity index (χ2n) is 6.20. The highest BCUT2D eigenvalue weighted by Gasteiger charge is 2.19. The predicted molar refractivity (Wildman–Crippen MR) is 101 cm³/mol. The molecule has 0 radical (unpaired) electrons. The van der Waals surface area contributed by atoms with E-state index in [0.29, 0.717) is 5.56 Å². The Morgan fingerprint density at radius 2 is 2.00 bits per heavy atom. The van der Waals surface area contributed by atoms with E-state index in [4.69, 9.17) is 9.47 Å². The number of hydrogen-bond donors (Lipinski definition) is 1. The zero-order chi connectivity index (χ0) is 19.9. The van der Waals surface area contributed by atoms with E-state index in [9.17, 15) is 18.4 Å². The molecule has 148 valence electrons. The van der Waals surface area contributed by atoms with Crippen molar-refractivity contribution in [3.63, 3.8) is 0 Å². The molecule has 0 saturated carbocycles. The first-order chi connectivity index (χ1) is 13.5. The molecule has 0 aliphatic carbocycles. The second kappa shape index (κ2) is 9.66. The number of rotatable bonds is 7. The fraction of sp³-hybridized carbons (Fsp3) is 0.300. The van der Waals surface area contributed by atoms with Gasteiger partial charge in [0, 0.05) is 29.0 Å². The zero-order valence-corrected chi connectivity index (χ0v) is 15.8. The van der Waals surface area contributed by atoms with Gasteiger partial charge in [-0.2, -0.15) is 0 Å². The molecule has 0 unspecified atom stereocenters. The van der Waals surface area contributed by atoms with Crippen LogP contribution < -0.4 is 5.32 Å². The molecule has 1 aliphatic heterocycles. The van der Waals surface area contributed by atoms with E-state index < -0.39 is 30.1 Å². The van der Waals surface area contributed by atoms with Crippen LogP contribution in [-0.4, -0.2) is 36.9 Å². The number of esters is 1. The highest BCUT2D eigenvalue weighted by atomic mass is 32.2. The molecule has 0 aromatic heterocycles. The Morgan fingerprint density at radius 1 is 1.18 bits per heavy atom. The Kier molecular flexibility index (Phi) is 7.00. The van der Waals surface area contributed by atoms with Crippen LogP contribution in [-0.2, 0) is 14.3 Å². The molecule has 3 rings (SSSR count). The third-order valence-corrected chi connectivity index (χ3v) is 5.30. The van der Waals surface area contributed by atoms with Gasteiger partial charge in [-0.25, -0.2) is 13.6 Å². The maximum absolute atomic E-state index is 13.2. The highest BCUT2D eigenvalue weighted by Crippen LogP contribution is 2.27. The van der Waals surface area contributed by atoms with Crippen molar-refractivity contribution in [1.82, 2.24) is 0 Å². The van der Waals surface area contributed by atoms with Crippen LogP contribution in [0, 0.1) is 11.6 Å². The molecule has 5 nitrogen and oxygen atoms in total. The van der Waals surface area contributed by atoms with Gasteiger partial charge in [0.05, 0.1) is 11.7 Å². The van der Waals surface area contributed by atoms with Crippen molar-refractivity contribution in [3.05, 3.63) is 59.7 Å². The van der Waals surface area contributed by atoms with Gasteiger partial charge in [0.2, 0.25) is 0 Å². The summed E-state index contributed by atoms with van der Waals surface area (Å²) in [5.74, 6) is -2.63. The van der Waals surface area contributed by atoms with E-state index in [-0.39, 0.29) is 11.8 Å². The number of carbonyl (C=O) groups is 2. The molecule has 1 atom stereocenters. The molecule has 1 aliphatic rings. The smallest absolute Gasteiger partial charge is 0.339 e. The first-order valence-corrected chi connectivity index (χ1v) is 9.77. The quantitative estimate of drug-likeness (QED) is 0.555. The number of ether oxygens (including phenoxy) is 2. The van der Waals surface area contributed by atoms with Crippen LogP contribution in [0.3, 0.4) is 0 Å². The molecule has 2 aromatic rings. The number of anilines is 1. The van der Waals surface area contributed by atoms with Gasteiger partial charge in [-0.1, -0.05) is 12.1 Å². The summed E-state index contributed by atoms with van der Waals surface area (Å²) in [6.07, 6.45) is 2.22. The number of thioether (sulfide) groups is 1. The van der Waals surface area contributed by atoms with Crippen LogP contribution in [0.5, 0.6) is 0 Å². The summed E-state index contributed by atoms with van der Waals surface area (Å²) in [5.41, 5.74) is 0.443. The van der Waals surface area contributed by atoms with Crippen molar-refractivity contribution in [2.75, 3.05) is 24.3 Å². The number of hydrogen-bond acceptors (Lipinski definition) is 5. The summed E-state index contributed by atoms with van der Waals surface area (Å²) >= 11 is 1.51. The molecular formula is C20H19F2NO4S. The zero-order valence-electron chi connectivity index (χ0n) is 15.0. The fourth-order valence-electron chi connectivity index (χ4n) is 2.70. The van der Waals surface area contributed by atoms with Crippen molar-refractivity contribution in [1.29, 1.82) is 0 Å². The summed E-state index contributed by atoms with van der Waals surface area (Å²) in [4.78, 5) is 25.0.